The number of likely N-dealkylation sites (tertiary alicyclic amines) is 1. The first kappa shape index (κ1) is 14.5. The fraction of sp³-hybridized carbons (Fsp3) is 0.692. The number of anilines is 1. The van der Waals surface area contributed by atoms with Crippen molar-refractivity contribution < 1.29 is 0 Å². The average molecular weight is 329 g/mol. The van der Waals surface area contributed by atoms with Gasteiger partial charge in [-0.2, -0.15) is 5.10 Å². The van der Waals surface area contributed by atoms with Crippen LogP contribution in [0.4, 0.5) is 5.69 Å². The smallest absolute Gasteiger partial charge is 0.283 e. The number of piperidine rings is 1. The summed E-state index contributed by atoms with van der Waals surface area (Å²) in [5.41, 5.74) is 0.726. The highest BCUT2D eigenvalue weighted by molar-refractivity contribution is 9.10. The van der Waals surface area contributed by atoms with Gasteiger partial charge in [-0.25, -0.2) is 4.68 Å². The molecule has 2 heterocycles. The van der Waals surface area contributed by atoms with Crippen molar-refractivity contribution >= 4 is 21.6 Å². The number of nitrogens with zero attached hydrogens (tertiary/aromatic N) is 3. The van der Waals surface area contributed by atoms with Gasteiger partial charge in [-0.1, -0.05) is 6.92 Å². The number of hydrogen-bond donors (Lipinski definition) is 1. The summed E-state index contributed by atoms with van der Waals surface area (Å²) in [6.45, 7) is 6.89. The summed E-state index contributed by atoms with van der Waals surface area (Å²) in [4.78, 5) is 14.3. The molecule has 1 aromatic heterocycles. The first-order valence-corrected chi connectivity index (χ1v) is 7.53. The summed E-state index contributed by atoms with van der Waals surface area (Å²) in [6.07, 6.45) is 2.82. The third-order valence-corrected chi connectivity index (χ3v) is 4.50. The van der Waals surface area contributed by atoms with E-state index in [2.05, 4.69) is 45.2 Å². The Balaban J connectivity index is 2.16. The Morgan fingerprint density at radius 1 is 1.58 bits per heavy atom. The van der Waals surface area contributed by atoms with Crippen LogP contribution in [0.5, 0.6) is 0 Å². The maximum absolute atomic E-state index is 12.0. The average Bonchev–Trinajstić information content (AvgIpc) is 2.38. The van der Waals surface area contributed by atoms with Gasteiger partial charge in [0.05, 0.1) is 11.9 Å². The molecule has 0 aromatic carbocycles. The number of nitrogens with one attached hydrogen (secondary N) is 1. The largest absolute Gasteiger partial charge is 0.380 e. The molecule has 6 heteroatoms. The van der Waals surface area contributed by atoms with Crippen LogP contribution < -0.4 is 10.9 Å². The van der Waals surface area contributed by atoms with Crippen molar-refractivity contribution in [3.8, 4) is 0 Å². The normalized spacial score (nSPS) is 24.4. The summed E-state index contributed by atoms with van der Waals surface area (Å²) < 4.78 is 2.03. The van der Waals surface area contributed by atoms with E-state index in [0.29, 0.717) is 23.0 Å². The Bertz CT molecular complexity index is 502. The van der Waals surface area contributed by atoms with Crippen LogP contribution in [-0.4, -0.2) is 40.9 Å². The van der Waals surface area contributed by atoms with Crippen LogP contribution in [0.1, 0.15) is 20.3 Å². The van der Waals surface area contributed by atoms with Crippen molar-refractivity contribution in [2.45, 2.75) is 32.9 Å². The lowest BCUT2D eigenvalue weighted by molar-refractivity contribution is 0.206. The van der Waals surface area contributed by atoms with Gasteiger partial charge in [0.15, 0.2) is 0 Å². The molecule has 0 radical (unpaired) electrons. The van der Waals surface area contributed by atoms with Crippen LogP contribution in [0.25, 0.3) is 0 Å². The highest BCUT2D eigenvalue weighted by atomic mass is 79.9. The van der Waals surface area contributed by atoms with Crippen LogP contribution >= 0.6 is 15.9 Å². The summed E-state index contributed by atoms with van der Waals surface area (Å²) in [5.74, 6) is 0.555. The van der Waals surface area contributed by atoms with E-state index in [-0.39, 0.29) is 5.56 Å². The maximum atomic E-state index is 12.0. The lowest BCUT2D eigenvalue weighted by Gasteiger charge is -2.35. The molecule has 2 rings (SSSR count). The zero-order valence-corrected chi connectivity index (χ0v) is 13.3. The van der Waals surface area contributed by atoms with Gasteiger partial charge in [-0.15, -0.1) is 0 Å². The minimum atomic E-state index is -0.0759. The molecule has 1 aromatic rings. The molecule has 0 amide bonds. The standard InChI is InChI=1S/C13H21BrN4O/c1-4-18-13(19)12(14)11(7-15-18)16-10-5-6-17(3)8-9(10)2/h7,9-10,16H,4-6,8H2,1-3H3. The van der Waals surface area contributed by atoms with E-state index in [9.17, 15) is 4.79 Å². The Morgan fingerprint density at radius 2 is 2.32 bits per heavy atom. The van der Waals surface area contributed by atoms with E-state index < -0.39 is 0 Å². The molecule has 0 bridgehead atoms. The first-order chi connectivity index (χ1) is 9.02. The highest BCUT2D eigenvalue weighted by Gasteiger charge is 2.25. The molecular formula is C13H21BrN4O. The van der Waals surface area contributed by atoms with Crippen LogP contribution in [0.15, 0.2) is 15.5 Å². The third-order valence-electron chi connectivity index (χ3n) is 3.73. The minimum absolute atomic E-state index is 0.0759. The molecule has 1 aliphatic rings. The first-order valence-electron chi connectivity index (χ1n) is 6.73. The van der Waals surface area contributed by atoms with E-state index in [4.69, 9.17) is 0 Å². The fourth-order valence-electron chi connectivity index (χ4n) is 2.56. The van der Waals surface area contributed by atoms with Gasteiger partial charge >= 0.3 is 0 Å². The zero-order valence-electron chi connectivity index (χ0n) is 11.7. The highest BCUT2D eigenvalue weighted by Crippen LogP contribution is 2.23. The van der Waals surface area contributed by atoms with Crippen LogP contribution in [0.3, 0.4) is 0 Å². The third kappa shape index (κ3) is 3.17. The molecule has 1 fully saturated rings. The molecule has 0 aliphatic carbocycles. The van der Waals surface area contributed by atoms with E-state index in [1.807, 2.05) is 6.92 Å². The number of hydrogen-bond acceptors (Lipinski definition) is 4. The van der Waals surface area contributed by atoms with E-state index in [0.717, 1.165) is 25.2 Å². The number of aromatic nitrogens is 2. The number of aryl methyl sites for hydroxylation is 1. The van der Waals surface area contributed by atoms with Crippen molar-refractivity contribution in [1.29, 1.82) is 0 Å². The zero-order chi connectivity index (χ0) is 14.0. The van der Waals surface area contributed by atoms with Crippen LogP contribution in [0, 0.1) is 5.92 Å². The van der Waals surface area contributed by atoms with Gasteiger partial charge in [-0.05, 0) is 48.8 Å². The van der Waals surface area contributed by atoms with Crippen molar-refractivity contribution in [3.05, 3.63) is 21.0 Å². The lowest BCUT2D eigenvalue weighted by atomic mass is 9.94. The molecule has 5 nitrogen and oxygen atoms in total. The molecule has 106 valence electrons. The van der Waals surface area contributed by atoms with Crippen molar-refractivity contribution in [1.82, 2.24) is 14.7 Å². The molecule has 0 saturated carbocycles. The van der Waals surface area contributed by atoms with Crippen molar-refractivity contribution in [2.24, 2.45) is 5.92 Å². The quantitative estimate of drug-likeness (QED) is 0.918. The molecule has 0 spiro atoms. The van der Waals surface area contributed by atoms with E-state index >= 15 is 0 Å². The Hall–Kier alpha value is -0.880. The number of rotatable bonds is 3. The SMILES string of the molecule is CCn1ncc(NC2CCN(C)CC2C)c(Br)c1=O. The predicted octanol–water partition coefficient (Wildman–Crippen LogP) is 1.78. The summed E-state index contributed by atoms with van der Waals surface area (Å²) >= 11 is 3.38. The summed E-state index contributed by atoms with van der Waals surface area (Å²) in [7, 11) is 2.15. The van der Waals surface area contributed by atoms with Gasteiger partial charge in [0, 0.05) is 19.1 Å². The minimum Gasteiger partial charge on any atom is -0.380 e. The van der Waals surface area contributed by atoms with Crippen LogP contribution in [-0.2, 0) is 6.54 Å². The Kier molecular flexibility index (Phi) is 4.62. The van der Waals surface area contributed by atoms with Gasteiger partial charge < -0.3 is 10.2 Å². The molecule has 1 N–H and O–H groups in total. The van der Waals surface area contributed by atoms with E-state index in [1.54, 1.807) is 6.20 Å². The van der Waals surface area contributed by atoms with E-state index in [1.165, 1.54) is 4.68 Å². The van der Waals surface area contributed by atoms with Gasteiger partial charge in [0.1, 0.15) is 4.47 Å². The monoisotopic (exact) mass is 328 g/mol. The van der Waals surface area contributed by atoms with Crippen molar-refractivity contribution in [2.75, 3.05) is 25.5 Å². The van der Waals surface area contributed by atoms with Crippen molar-refractivity contribution in [3.63, 3.8) is 0 Å². The van der Waals surface area contributed by atoms with Gasteiger partial charge in [0.2, 0.25) is 0 Å². The second kappa shape index (κ2) is 6.05. The second-order valence-electron chi connectivity index (χ2n) is 5.27. The van der Waals surface area contributed by atoms with Gasteiger partial charge in [0.25, 0.3) is 5.56 Å². The predicted molar refractivity (Wildman–Crippen MR) is 80.6 cm³/mol. The second-order valence-corrected chi connectivity index (χ2v) is 6.07. The molecule has 1 saturated heterocycles. The molecule has 2 atom stereocenters. The summed E-state index contributed by atoms with van der Waals surface area (Å²) in [6, 6.07) is 0.395. The molecule has 1 aliphatic heterocycles. The Morgan fingerprint density at radius 3 is 2.95 bits per heavy atom. The number of halogens is 1. The Labute approximate surface area is 122 Å². The van der Waals surface area contributed by atoms with Crippen LogP contribution in [0.2, 0.25) is 0 Å². The molecule has 2 unspecified atom stereocenters. The molecular weight excluding hydrogens is 308 g/mol. The topological polar surface area (TPSA) is 50.2 Å². The summed E-state index contributed by atoms with van der Waals surface area (Å²) in [5, 5.41) is 7.63. The fourth-order valence-corrected chi connectivity index (χ4v) is 2.98. The lowest BCUT2D eigenvalue weighted by Crippen LogP contribution is -2.43. The maximum Gasteiger partial charge on any atom is 0.283 e. The molecule has 19 heavy (non-hydrogen) atoms. The van der Waals surface area contributed by atoms with Gasteiger partial charge in [-0.3, -0.25) is 4.79 Å².